The van der Waals surface area contributed by atoms with Gasteiger partial charge in [-0.25, -0.2) is 0 Å². The van der Waals surface area contributed by atoms with Gasteiger partial charge in [0.05, 0.1) is 46.6 Å². The fourth-order valence-corrected chi connectivity index (χ4v) is 7.54. The summed E-state index contributed by atoms with van der Waals surface area (Å²) in [7, 11) is 4.43. The van der Waals surface area contributed by atoms with E-state index in [-0.39, 0.29) is 37.3 Å². The highest BCUT2D eigenvalue weighted by molar-refractivity contribution is 5.79. The number of aliphatic hydroxyl groups excluding tert-OH is 2. The average molecular weight is 681 g/mol. The Morgan fingerprint density at radius 2 is 1.47 bits per heavy atom. The van der Waals surface area contributed by atoms with Crippen LogP contribution in [0.15, 0.2) is 48.5 Å². The maximum atomic E-state index is 13.5. The van der Waals surface area contributed by atoms with E-state index in [1.807, 2.05) is 0 Å². The van der Waals surface area contributed by atoms with Crippen molar-refractivity contribution in [2.24, 2.45) is 11.8 Å². The number of benzene rings is 3. The monoisotopic (exact) mass is 680 g/mol. The van der Waals surface area contributed by atoms with Crippen molar-refractivity contribution in [1.29, 1.82) is 0 Å². The predicted octanol–water partition coefficient (Wildman–Crippen LogP) is 2.70. The summed E-state index contributed by atoms with van der Waals surface area (Å²) < 4.78 is 58.0. The number of aliphatic hydroxyl groups is 2. The summed E-state index contributed by atoms with van der Waals surface area (Å²) in [6.45, 7) is 0.102. The van der Waals surface area contributed by atoms with Crippen molar-refractivity contribution in [3.63, 3.8) is 0 Å². The third kappa shape index (κ3) is 5.30. The summed E-state index contributed by atoms with van der Waals surface area (Å²) in [4.78, 5) is 13.5. The second kappa shape index (κ2) is 12.5. The Balaban J connectivity index is 1.12. The van der Waals surface area contributed by atoms with E-state index in [0.717, 1.165) is 0 Å². The van der Waals surface area contributed by atoms with Gasteiger partial charge in [0.15, 0.2) is 35.6 Å². The minimum absolute atomic E-state index is 0.0153. The molecule has 3 saturated heterocycles. The van der Waals surface area contributed by atoms with Crippen LogP contribution in [0.4, 0.5) is 0 Å². The lowest BCUT2D eigenvalue weighted by atomic mass is 9.66. The molecule has 0 unspecified atom stereocenters. The van der Waals surface area contributed by atoms with E-state index in [2.05, 4.69) is 0 Å². The second-order valence-electron chi connectivity index (χ2n) is 12.5. The van der Waals surface area contributed by atoms with E-state index in [0.29, 0.717) is 39.5 Å². The minimum atomic E-state index is -1.51. The van der Waals surface area contributed by atoms with Gasteiger partial charge >= 0.3 is 5.97 Å². The average Bonchev–Trinajstić information content (AvgIpc) is 3.75. The zero-order valence-corrected chi connectivity index (χ0v) is 26.8. The molecule has 3 aromatic carbocycles. The van der Waals surface area contributed by atoms with Crippen molar-refractivity contribution in [2.45, 2.75) is 49.0 Å². The molecule has 260 valence electrons. The van der Waals surface area contributed by atoms with Crippen LogP contribution in [0.1, 0.15) is 40.6 Å². The summed E-state index contributed by atoms with van der Waals surface area (Å²) >= 11 is 0. The first-order valence-electron chi connectivity index (χ1n) is 15.9. The van der Waals surface area contributed by atoms with E-state index in [9.17, 15) is 20.1 Å². The van der Waals surface area contributed by atoms with Crippen molar-refractivity contribution in [1.82, 2.24) is 0 Å². The first-order chi connectivity index (χ1) is 23.8. The Kier molecular flexibility index (Phi) is 8.17. The largest absolute Gasteiger partial charge is 0.502 e. The minimum Gasteiger partial charge on any atom is -0.502 e. The normalized spacial score (nSPS) is 32.8. The lowest BCUT2D eigenvalue weighted by molar-refractivity contribution is -0.369. The summed E-state index contributed by atoms with van der Waals surface area (Å²) in [6.07, 6.45) is -7.50. The molecule has 14 heteroatoms. The Morgan fingerprint density at radius 3 is 2.14 bits per heavy atom. The molecule has 14 nitrogen and oxygen atoms in total. The summed E-state index contributed by atoms with van der Waals surface area (Å²) in [5, 5.41) is 33.3. The fourth-order valence-electron chi connectivity index (χ4n) is 7.54. The number of carbonyl (C=O) groups excluding carboxylic acids is 1. The van der Waals surface area contributed by atoms with Crippen LogP contribution in [0, 0.1) is 11.8 Å². The predicted molar refractivity (Wildman–Crippen MR) is 165 cm³/mol. The van der Waals surface area contributed by atoms with Gasteiger partial charge in [-0.3, -0.25) is 4.79 Å². The molecule has 49 heavy (non-hydrogen) atoms. The number of aromatic hydroxyl groups is 1. The van der Waals surface area contributed by atoms with E-state index < -0.39 is 66.8 Å². The van der Waals surface area contributed by atoms with Gasteiger partial charge in [-0.1, -0.05) is 12.1 Å². The molecule has 1 aliphatic carbocycles. The van der Waals surface area contributed by atoms with Crippen molar-refractivity contribution in [2.75, 3.05) is 41.3 Å². The Morgan fingerprint density at radius 1 is 0.776 bits per heavy atom. The zero-order chi connectivity index (χ0) is 34.0. The molecule has 0 aromatic heterocycles. The number of phenols is 1. The Bertz CT molecular complexity index is 1700. The molecule has 0 bridgehead atoms. The lowest BCUT2D eigenvalue weighted by Crippen LogP contribution is -2.62. The molecule has 0 saturated carbocycles. The summed E-state index contributed by atoms with van der Waals surface area (Å²) in [6, 6.07) is 14.1. The van der Waals surface area contributed by atoms with Gasteiger partial charge < -0.3 is 62.7 Å². The van der Waals surface area contributed by atoms with E-state index in [4.69, 9.17) is 47.4 Å². The molecule has 4 aliphatic heterocycles. The summed E-state index contributed by atoms with van der Waals surface area (Å²) in [5.74, 6) is -0.503. The smallest absolute Gasteiger partial charge is 0.310 e. The topological polar surface area (TPSA) is 170 Å². The Hall–Kier alpha value is -4.31. The Labute approximate surface area is 280 Å². The number of methoxy groups -OCH3 is 3. The number of fused-ring (bicyclic) bond motifs is 4. The molecular weight excluding hydrogens is 644 g/mol. The number of rotatable bonds is 7. The van der Waals surface area contributed by atoms with E-state index in [1.165, 1.54) is 14.2 Å². The van der Waals surface area contributed by atoms with Crippen molar-refractivity contribution in [3.05, 3.63) is 70.8 Å². The fraction of sp³-hybridized carbons (Fsp3) is 0.457. The highest BCUT2D eigenvalue weighted by atomic mass is 16.8. The molecule has 4 heterocycles. The molecule has 3 N–H and O–H groups in total. The number of phenolic OH excluding ortho intramolecular Hbond substituents is 1. The zero-order valence-electron chi connectivity index (χ0n) is 26.8. The lowest BCUT2D eigenvalue weighted by Gasteiger charge is -2.48. The van der Waals surface area contributed by atoms with Crippen LogP contribution in [-0.4, -0.2) is 93.3 Å². The van der Waals surface area contributed by atoms with Gasteiger partial charge in [0.2, 0.25) is 12.5 Å². The molecular formula is C35H36O14. The van der Waals surface area contributed by atoms with Crippen LogP contribution in [-0.2, 0) is 28.5 Å². The quantitative estimate of drug-likeness (QED) is 0.311. The molecule has 10 atom stereocenters. The molecule has 0 spiro atoms. The van der Waals surface area contributed by atoms with Crippen LogP contribution in [0.2, 0.25) is 0 Å². The number of hydrogen-bond donors (Lipinski definition) is 3. The van der Waals surface area contributed by atoms with Crippen molar-refractivity contribution < 1.29 is 67.5 Å². The van der Waals surface area contributed by atoms with Gasteiger partial charge in [0, 0.05) is 17.4 Å². The van der Waals surface area contributed by atoms with Crippen LogP contribution in [0.3, 0.4) is 0 Å². The summed E-state index contributed by atoms with van der Waals surface area (Å²) in [5.41, 5.74) is 2.68. The number of ether oxygens (including phenoxy) is 10. The van der Waals surface area contributed by atoms with Gasteiger partial charge in [-0.15, -0.1) is 0 Å². The van der Waals surface area contributed by atoms with Crippen molar-refractivity contribution in [3.8, 4) is 34.5 Å². The highest BCUT2D eigenvalue weighted by Gasteiger charge is 2.56. The third-order valence-corrected chi connectivity index (χ3v) is 9.98. The third-order valence-electron chi connectivity index (χ3n) is 9.98. The van der Waals surface area contributed by atoms with Crippen LogP contribution < -0.4 is 23.7 Å². The standard InChI is InChI=1S/C35H36O14/c1-40-17-6-4-15(5-7-17)34-44-13-25-32(49-34)29(37)30(38)35(47-25)48-31-19-11-22-21(45-14-46-22)10-18(19)26(27-20(31)12-43-33(27)39)16-8-23(41-2)28(36)24(9-16)42-3/h4-11,20,25-27,29-32,34-38H,12-14H2,1-3H3/t20-,25+,26-,27-,29+,30-,31+,32+,34-,35-/m0/s1. The van der Waals surface area contributed by atoms with Gasteiger partial charge in [0.1, 0.15) is 30.2 Å². The number of cyclic esters (lactones) is 1. The van der Waals surface area contributed by atoms with Gasteiger partial charge in [-0.05, 0) is 53.1 Å². The van der Waals surface area contributed by atoms with E-state index in [1.54, 1.807) is 55.6 Å². The van der Waals surface area contributed by atoms with Crippen LogP contribution >= 0.6 is 0 Å². The van der Waals surface area contributed by atoms with Crippen LogP contribution in [0.25, 0.3) is 0 Å². The van der Waals surface area contributed by atoms with Crippen molar-refractivity contribution >= 4 is 5.97 Å². The van der Waals surface area contributed by atoms with Crippen LogP contribution in [0.5, 0.6) is 34.5 Å². The number of carbonyl (C=O) groups is 1. The number of hydrogen-bond acceptors (Lipinski definition) is 14. The van der Waals surface area contributed by atoms with Gasteiger partial charge in [-0.2, -0.15) is 0 Å². The molecule has 5 aliphatic rings. The molecule has 3 fully saturated rings. The SMILES string of the molecule is COc1ccc([C@H]2OC[C@H]3O[C@@H](O[C@@H]4c5cc6c(cc5[C@H](c5cc(OC)c(O)c(OC)c5)[C@H]5C(=O)OC[C@@H]54)OCO6)[C@@H](O)[C@@H](O)[C@@H]3O2)cc1. The molecule has 0 amide bonds. The molecule has 3 aromatic rings. The second-order valence-corrected chi connectivity index (χ2v) is 12.5. The van der Waals surface area contributed by atoms with E-state index >= 15 is 0 Å². The first kappa shape index (κ1) is 31.9. The number of esters is 1. The highest BCUT2D eigenvalue weighted by Crippen LogP contribution is 2.57. The molecule has 0 radical (unpaired) electrons. The molecule has 8 rings (SSSR count). The first-order valence-corrected chi connectivity index (χ1v) is 15.9. The van der Waals surface area contributed by atoms with Gasteiger partial charge in [0.25, 0.3) is 0 Å². The maximum absolute atomic E-state index is 13.5. The maximum Gasteiger partial charge on any atom is 0.310 e.